The van der Waals surface area contributed by atoms with E-state index in [2.05, 4.69) is 31.6 Å². The maximum absolute atomic E-state index is 5.91. The molecule has 0 aromatic carbocycles. The average Bonchev–Trinajstić information content (AvgIpc) is 3.14. The van der Waals surface area contributed by atoms with Gasteiger partial charge in [-0.15, -0.1) is 0 Å². The highest BCUT2D eigenvalue weighted by Crippen LogP contribution is 2.23. The number of ether oxygens (including phenoxy) is 1. The summed E-state index contributed by atoms with van der Waals surface area (Å²) in [5.74, 6) is 2.69. The van der Waals surface area contributed by atoms with Gasteiger partial charge in [-0.3, -0.25) is 14.9 Å². The molecular formula is C20H29N5O2. The number of rotatable bonds is 7. The van der Waals surface area contributed by atoms with Gasteiger partial charge in [0, 0.05) is 51.5 Å². The van der Waals surface area contributed by atoms with Gasteiger partial charge in [-0.25, -0.2) is 0 Å². The third-order valence-corrected chi connectivity index (χ3v) is 4.66. The molecule has 1 fully saturated rings. The van der Waals surface area contributed by atoms with Gasteiger partial charge in [0.05, 0.1) is 19.3 Å². The minimum Gasteiger partial charge on any atom is -0.465 e. The summed E-state index contributed by atoms with van der Waals surface area (Å²) in [5.41, 5.74) is 1.07. The number of morpholine rings is 1. The third kappa shape index (κ3) is 5.80. The standard InChI is InChI=1S/C20H29N5O2/c1-16-6-7-19(27-16)18(25-11-13-26-14-12-25)15-24-20(21-2)23-10-8-17-5-3-4-9-22-17/h3-7,9,18H,8,10-15H2,1-2H3,(H2,21,23,24). The van der Waals surface area contributed by atoms with Crippen molar-refractivity contribution < 1.29 is 9.15 Å². The van der Waals surface area contributed by atoms with Crippen LogP contribution in [0.2, 0.25) is 0 Å². The molecule has 1 aliphatic rings. The van der Waals surface area contributed by atoms with Crippen molar-refractivity contribution in [1.82, 2.24) is 20.5 Å². The molecule has 0 radical (unpaired) electrons. The van der Waals surface area contributed by atoms with E-state index in [4.69, 9.17) is 9.15 Å². The average molecular weight is 371 g/mol. The monoisotopic (exact) mass is 371 g/mol. The molecule has 1 aliphatic heterocycles. The van der Waals surface area contributed by atoms with E-state index >= 15 is 0 Å². The highest BCUT2D eigenvalue weighted by Gasteiger charge is 2.25. The van der Waals surface area contributed by atoms with Crippen LogP contribution in [0.1, 0.15) is 23.3 Å². The van der Waals surface area contributed by atoms with E-state index < -0.39 is 0 Å². The molecule has 7 nitrogen and oxygen atoms in total. The molecule has 7 heteroatoms. The molecule has 2 aromatic heterocycles. The molecule has 0 spiro atoms. The first-order chi connectivity index (χ1) is 13.3. The van der Waals surface area contributed by atoms with Crippen LogP contribution < -0.4 is 10.6 Å². The van der Waals surface area contributed by atoms with Gasteiger partial charge in [0.25, 0.3) is 0 Å². The van der Waals surface area contributed by atoms with Gasteiger partial charge in [-0.05, 0) is 31.2 Å². The van der Waals surface area contributed by atoms with Gasteiger partial charge < -0.3 is 19.8 Å². The quantitative estimate of drug-likeness (QED) is 0.571. The molecule has 27 heavy (non-hydrogen) atoms. The fraction of sp³-hybridized carbons (Fsp3) is 0.500. The van der Waals surface area contributed by atoms with E-state index in [0.29, 0.717) is 0 Å². The van der Waals surface area contributed by atoms with Crippen molar-refractivity contribution in [2.24, 2.45) is 4.99 Å². The summed E-state index contributed by atoms with van der Waals surface area (Å²) in [7, 11) is 1.79. The summed E-state index contributed by atoms with van der Waals surface area (Å²) >= 11 is 0. The summed E-state index contributed by atoms with van der Waals surface area (Å²) in [5, 5.41) is 6.79. The van der Waals surface area contributed by atoms with E-state index in [0.717, 1.165) is 69.0 Å². The van der Waals surface area contributed by atoms with Crippen LogP contribution in [-0.4, -0.2) is 62.3 Å². The first-order valence-electron chi connectivity index (χ1n) is 9.49. The molecule has 1 saturated heterocycles. The minimum atomic E-state index is 0.150. The Hall–Kier alpha value is -2.38. The second-order valence-electron chi connectivity index (χ2n) is 6.56. The number of nitrogens with one attached hydrogen (secondary N) is 2. The van der Waals surface area contributed by atoms with Gasteiger partial charge in [0.2, 0.25) is 0 Å². The largest absolute Gasteiger partial charge is 0.465 e. The zero-order valence-electron chi connectivity index (χ0n) is 16.1. The fourth-order valence-corrected chi connectivity index (χ4v) is 3.20. The lowest BCUT2D eigenvalue weighted by atomic mass is 10.1. The Bertz CT molecular complexity index is 710. The van der Waals surface area contributed by atoms with Gasteiger partial charge >= 0.3 is 0 Å². The Labute approximate surface area is 160 Å². The van der Waals surface area contributed by atoms with Gasteiger partial charge in [0.1, 0.15) is 11.5 Å². The summed E-state index contributed by atoms with van der Waals surface area (Å²) < 4.78 is 11.4. The van der Waals surface area contributed by atoms with Crippen LogP contribution in [0.4, 0.5) is 0 Å². The topological polar surface area (TPSA) is 74.9 Å². The number of hydrogen-bond donors (Lipinski definition) is 2. The molecular weight excluding hydrogens is 342 g/mol. The SMILES string of the molecule is CN=C(NCCc1ccccn1)NCC(c1ccc(C)o1)N1CCOCC1. The van der Waals surface area contributed by atoms with Crippen molar-refractivity contribution in [2.75, 3.05) is 46.4 Å². The molecule has 2 aromatic rings. The predicted octanol–water partition coefficient (Wildman–Crippen LogP) is 1.76. The highest BCUT2D eigenvalue weighted by molar-refractivity contribution is 5.79. The van der Waals surface area contributed by atoms with Crippen LogP contribution in [0.15, 0.2) is 45.9 Å². The lowest BCUT2D eigenvalue weighted by Gasteiger charge is -2.33. The number of aryl methyl sites for hydroxylation is 1. The van der Waals surface area contributed by atoms with Crippen LogP contribution in [0.5, 0.6) is 0 Å². The Balaban J connectivity index is 1.54. The van der Waals surface area contributed by atoms with Crippen molar-refractivity contribution >= 4 is 5.96 Å². The van der Waals surface area contributed by atoms with Crippen molar-refractivity contribution in [2.45, 2.75) is 19.4 Å². The number of guanidine groups is 1. The van der Waals surface area contributed by atoms with Crippen LogP contribution in [0.25, 0.3) is 0 Å². The first-order valence-corrected chi connectivity index (χ1v) is 9.49. The maximum atomic E-state index is 5.91. The van der Waals surface area contributed by atoms with Gasteiger partial charge in [0.15, 0.2) is 5.96 Å². The summed E-state index contributed by atoms with van der Waals surface area (Å²) in [6, 6.07) is 10.2. The van der Waals surface area contributed by atoms with Crippen LogP contribution >= 0.6 is 0 Å². The fourth-order valence-electron chi connectivity index (χ4n) is 3.20. The molecule has 0 aliphatic carbocycles. The second kappa shape index (κ2) is 10.1. The highest BCUT2D eigenvalue weighted by atomic mass is 16.5. The normalized spacial score (nSPS) is 16.9. The lowest BCUT2D eigenvalue weighted by Crippen LogP contribution is -2.46. The van der Waals surface area contributed by atoms with Crippen LogP contribution in [0, 0.1) is 6.92 Å². The number of aromatic nitrogens is 1. The Morgan fingerprint density at radius 2 is 2.07 bits per heavy atom. The zero-order chi connectivity index (χ0) is 18.9. The molecule has 2 N–H and O–H groups in total. The van der Waals surface area contributed by atoms with E-state index in [-0.39, 0.29) is 6.04 Å². The Kier molecular flexibility index (Phi) is 7.24. The number of nitrogens with zero attached hydrogens (tertiary/aromatic N) is 3. The third-order valence-electron chi connectivity index (χ3n) is 4.66. The lowest BCUT2D eigenvalue weighted by molar-refractivity contribution is 0.0124. The summed E-state index contributed by atoms with van der Waals surface area (Å²) in [6.45, 7) is 6.79. The maximum Gasteiger partial charge on any atom is 0.191 e. The molecule has 0 amide bonds. The van der Waals surface area contributed by atoms with Crippen LogP contribution in [-0.2, 0) is 11.2 Å². The van der Waals surface area contributed by atoms with E-state index in [1.165, 1.54) is 0 Å². The van der Waals surface area contributed by atoms with Gasteiger partial charge in [-0.1, -0.05) is 6.07 Å². The zero-order valence-corrected chi connectivity index (χ0v) is 16.1. The number of pyridine rings is 1. The van der Waals surface area contributed by atoms with Crippen molar-refractivity contribution in [1.29, 1.82) is 0 Å². The summed E-state index contributed by atoms with van der Waals surface area (Å²) in [4.78, 5) is 11.1. The molecule has 1 atom stereocenters. The van der Waals surface area contributed by atoms with Crippen LogP contribution in [0.3, 0.4) is 0 Å². The smallest absolute Gasteiger partial charge is 0.191 e. The molecule has 3 rings (SSSR count). The number of hydrogen-bond acceptors (Lipinski definition) is 5. The van der Waals surface area contributed by atoms with Crippen molar-refractivity contribution in [3.05, 3.63) is 53.7 Å². The van der Waals surface area contributed by atoms with E-state index in [9.17, 15) is 0 Å². The van der Waals surface area contributed by atoms with E-state index in [1.54, 1.807) is 7.05 Å². The molecule has 146 valence electrons. The first kappa shape index (κ1) is 19.4. The van der Waals surface area contributed by atoms with Crippen molar-refractivity contribution in [3.63, 3.8) is 0 Å². The predicted molar refractivity (Wildman–Crippen MR) is 106 cm³/mol. The Morgan fingerprint density at radius 3 is 2.74 bits per heavy atom. The minimum absolute atomic E-state index is 0.150. The molecule has 0 saturated carbocycles. The number of aliphatic imine (C=N–C) groups is 1. The van der Waals surface area contributed by atoms with E-state index in [1.807, 2.05) is 37.4 Å². The summed E-state index contributed by atoms with van der Waals surface area (Å²) in [6.07, 6.45) is 2.67. The van der Waals surface area contributed by atoms with Crippen molar-refractivity contribution in [3.8, 4) is 0 Å². The Morgan fingerprint density at radius 1 is 1.22 bits per heavy atom. The number of furan rings is 1. The van der Waals surface area contributed by atoms with Gasteiger partial charge in [-0.2, -0.15) is 0 Å². The molecule has 1 unspecified atom stereocenters. The molecule has 0 bridgehead atoms. The second-order valence-corrected chi connectivity index (χ2v) is 6.56. The molecule has 3 heterocycles.